The predicted molar refractivity (Wildman–Crippen MR) is 30.9 cm³/mol. The second-order valence-corrected chi connectivity index (χ2v) is 4.14. The monoisotopic (exact) mass is 314 g/mol. The van der Waals surface area contributed by atoms with Gasteiger partial charge in [-0.15, -0.1) is 0 Å². The third-order valence-corrected chi connectivity index (χ3v) is 0. The van der Waals surface area contributed by atoms with Gasteiger partial charge < -0.3 is 27.1 Å². The van der Waals surface area contributed by atoms with E-state index in [0.29, 0.717) is 0 Å². The number of hydrogen-bond donors (Lipinski definition) is 5. The predicted octanol–water partition coefficient (Wildman–Crippen LogP) is -7.11. The van der Waals surface area contributed by atoms with Crippen molar-refractivity contribution in [2.75, 3.05) is 0 Å². The molecule has 8 nitrogen and oxygen atoms in total. The normalized spacial score (nSPS) is 9.83. The van der Waals surface area contributed by atoms with Gasteiger partial charge in [0.25, 0.3) is 7.82 Å². The molecule has 0 atom stereocenters. The van der Waals surface area contributed by atoms with Crippen molar-refractivity contribution in [3.63, 3.8) is 0 Å². The van der Waals surface area contributed by atoms with E-state index >= 15 is 0 Å². The first-order valence-electron chi connectivity index (χ1n) is 1.55. The quantitative estimate of drug-likeness (QED) is 0.218. The molecule has 0 amide bonds. The van der Waals surface area contributed by atoms with Gasteiger partial charge in [0.2, 0.25) is 0 Å². The molecule has 0 aromatic rings. The van der Waals surface area contributed by atoms with E-state index in [1.165, 1.54) is 0 Å². The van der Waals surface area contributed by atoms with E-state index in [1.54, 1.807) is 0 Å². The molecule has 72 valence electrons. The molecule has 0 saturated carbocycles. The summed E-state index contributed by atoms with van der Waals surface area (Å²) >= 11 is -5.12. The summed E-state index contributed by atoms with van der Waals surface area (Å²) in [5.41, 5.74) is 0. The Kier molecular flexibility index (Phi) is 18.6. The maximum atomic E-state index is 8.94. The van der Waals surface area contributed by atoms with Gasteiger partial charge in [-0.3, -0.25) is 4.57 Å². The number of phosphoric acid groups is 1. The van der Waals surface area contributed by atoms with Gasteiger partial charge in [0.15, 0.2) is 0 Å². The Morgan fingerprint density at radius 2 is 1.17 bits per heavy atom. The van der Waals surface area contributed by atoms with E-state index in [0.717, 1.165) is 0 Å². The Hall–Kier alpha value is 1.90. The van der Waals surface area contributed by atoms with Crippen molar-refractivity contribution < 1.29 is 47.7 Å². The van der Waals surface area contributed by atoms with Crippen molar-refractivity contribution in [1.29, 1.82) is 0 Å². The fourth-order valence-corrected chi connectivity index (χ4v) is 0. The molecule has 12 heavy (non-hydrogen) atoms. The Morgan fingerprint density at radius 1 is 1.17 bits per heavy atom. The van der Waals surface area contributed by atoms with Crippen LogP contribution in [0.5, 0.6) is 0 Å². The minimum atomic E-state index is -5.12. The maximum Gasteiger partial charge on any atom is 2.00 e. The zero-order valence-electron chi connectivity index (χ0n) is 5.44. The van der Waals surface area contributed by atoms with E-state index in [2.05, 4.69) is 0 Å². The molecule has 0 aliphatic carbocycles. The fourth-order valence-electron chi connectivity index (χ4n) is 0. The van der Waals surface area contributed by atoms with Gasteiger partial charge in [-0.25, -0.2) is 0 Å². The van der Waals surface area contributed by atoms with Crippen molar-refractivity contribution in [1.82, 2.24) is 0 Å². The molecule has 0 aliphatic heterocycles. The Balaban J connectivity index is -0.0000000457. The molecule has 0 saturated heterocycles. The molecule has 0 aromatic carbocycles. The molecular weight excluding hydrogens is 309 g/mol. The minimum absolute atomic E-state index is 0. The first-order valence-corrected chi connectivity index (χ1v) is 6.36. The molecule has 5 N–H and O–H groups in total. The molecule has 12 heteroatoms. The summed E-state index contributed by atoms with van der Waals surface area (Å²) in [7, 11) is -4.89. The third kappa shape index (κ3) is 392. The summed E-state index contributed by atoms with van der Waals surface area (Å²) in [6.45, 7) is 0. The number of rotatable bonds is 0. The van der Waals surface area contributed by atoms with Gasteiger partial charge in [0, 0.05) is 0 Å². The van der Waals surface area contributed by atoms with Crippen LogP contribution in [0.1, 0.15) is 0 Å². The second-order valence-electron chi connectivity index (χ2n) is 1.00. The zero-order chi connectivity index (χ0) is 9.00. The summed E-state index contributed by atoms with van der Waals surface area (Å²) < 4.78 is 39.5. The molecule has 0 radical (unpaired) electrons. The largest absolute Gasteiger partial charge is 2.00 e. The van der Waals surface area contributed by atoms with E-state index in [1.807, 2.05) is 0 Å². The Labute approximate surface area is 107 Å². The zero-order valence-corrected chi connectivity index (χ0v) is 11.2. The molecule has 0 rings (SSSR count). The van der Waals surface area contributed by atoms with Crippen LogP contribution in [-0.4, -0.2) is 74.3 Å². The van der Waals surface area contributed by atoms with Crippen LogP contribution in [0.4, 0.5) is 0 Å². The Bertz CT molecular complexity index is 131. The molecule has 0 aromatic heterocycles. The van der Waals surface area contributed by atoms with Crippen LogP contribution in [0.25, 0.3) is 0 Å². The van der Waals surface area contributed by atoms with Crippen molar-refractivity contribution in [3.05, 3.63) is 0 Å². The summed E-state index contributed by atoms with van der Waals surface area (Å²) in [5, 5.41) is 0. The standard InChI is InChI=1S/AsH3O4.Ca.ClH.H3O4P/c2-1(3,4)5;;;1-5(2,3)4/h(H3,2,3,4,5);;1H;(H3,1,2,3,4)/q;+2;;/p-2. The number of hydrogen-bond acceptors (Lipinski definition) is 3. The molecule has 0 aliphatic rings. The molecular formula is H5AsCaClO8P. The van der Waals surface area contributed by atoms with Gasteiger partial charge in [-0.05, 0) is 0 Å². The van der Waals surface area contributed by atoms with Crippen molar-refractivity contribution in [3.8, 4) is 0 Å². The van der Waals surface area contributed by atoms with Crippen LogP contribution in [0, 0.1) is 0 Å². The van der Waals surface area contributed by atoms with Crippen LogP contribution < -0.4 is 17.3 Å². The van der Waals surface area contributed by atoms with E-state index in [-0.39, 0.29) is 50.1 Å². The van der Waals surface area contributed by atoms with Gasteiger partial charge >= 0.3 is 68.3 Å². The average Bonchev–Trinajstić information content (AvgIpc) is 1.12. The van der Waals surface area contributed by atoms with Gasteiger partial charge in [0.1, 0.15) is 0 Å². The van der Waals surface area contributed by atoms with Crippen LogP contribution in [-0.2, 0) is 8.30 Å². The van der Waals surface area contributed by atoms with Crippen LogP contribution >= 0.6 is 7.82 Å². The first-order chi connectivity index (χ1) is 4.00. The SMILES string of the molecule is O=P([O-])(O)O.O=[As](O)(O)O.[Ca+2].[Cl-]. The summed E-state index contributed by atoms with van der Waals surface area (Å²) in [6.07, 6.45) is 0. The van der Waals surface area contributed by atoms with Gasteiger partial charge in [-0.1, -0.05) is 0 Å². The minimum Gasteiger partial charge on any atom is -1.00 e. The van der Waals surface area contributed by atoms with Gasteiger partial charge in [0.05, 0.1) is 0 Å². The topological polar surface area (TPSA) is 158 Å². The molecule has 0 bridgehead atoms. The molecule has 0 unspecified atom stereocenters. The second kappa shape index (κ2) is 9.45. The van der Waals surface area contributed by atoms with E-state index < -0.39 is 22.3 Å². The summed E-state index contributed by atoms with van der Waals surface area (Å²) in [6, 6.07) is 0. The van der Waals surface area contributed by atoms with Crippen molar-refractivity contribution in [2.24, 2.45) is 0 Å². The smallest absolute Gasteiger partial charge is 1.00 e. The summed E-state index contributed by atoms with van der Waals surface area (Å²) in [4.78, 5) is 22.9. The first kappa shape index (κ1) is 23.6. The van der Waals surface area contributed by atoms with E-state index in [9.17, 15) is 0 Å². The summed E-state index contributed by atoms with van der Waals surface area (Å²) in [5.74, 6) is 0. The van der Waals surface area contributed by atoms with Crippen molar-refractivity contribution in [2.45, 2.75) is 0 Å². The average molecular weight is 314 g/mol. The van der Waals surface area contributed by atoms with Crippen LogP contribution in [0.3, 0.4) is 0 Å². The van der Waals surface area contributed by atoms with Crippen molar-refractivity contribution >= 4 is 60.1 Å². The molecule has 0 spiro atoms. The number of halogens is 1. The third-order valence-electron chi connectivity index (χ3n) is 0. The van der Waals surface area contributed by atoms with Gasteiger partial charge in [-0.2, -0.15) is 0 Å². The molecule has 0 fully saturated rings. The maximum absolute atomic E-state index is 8.94. The fraction of sp³-hybridized carbons (Fsp3) is 0. The molecule has 0 heterocycles. The van der Waals surface area contributed by atoms with Crippen LogP contribution in [0.2, 0.25) is 0 Å². The van der Waals surface area contributed by atoms with Crippen LogP contribution in [0.15, 0.2) is 0 Å². The van der Waals surface area contributed by atoms with E-state index in [4.69, 9.17) is 35.3 Å². The Morgan fingerprint density at radius 3 is 1.17 bits per heavy atom.